The summed E-state index contributed by atoms with van der Waals surface area (Å²) >= 11 is 0. The van der Waals surface area contributed by atoms with Gasteiger partial charge in [0, 0.05) is 6.61 Å². The van der Waals surface area contributed by atoms with Gasteiger partial charge in [-0.3, -0.25) is 0 Å². The Morgan fingerprint density at radius 1 is 1.36 bits per heavy atom. The molecule has 2 aliphatic heterocycles. The molecule has 2 rings (SSSR count). The minimum absolute atomic E-state index is 0.172. The predicted octanol–water partition coefficient (Wildman–Crippen LogP) is 2.19. The van der Waals surface area contributed by atoms with E-state index in [1.54, 1.807) is 0 Å². The quantitative estimate of drug-likeness (QED) is 0.732. The first-order chi connectivity index (χ1) is 6.73. The zero-order valence-electron chi connectivity index (χ0n) is 9.51. The van der Waals surface area contributed by atoms with Crippen LogP contribution in [0.25, 0.3) is 0 Å². The molecule has 3 atom stereocenters. The number of ether oxygens (including phenoxy) is 1. The van der Waals surface area contributed by atoms with Crippen molar-refractivity contribution >= 4 is 0 Å². The van der Waals surface area contributed by atoms with Gasteiger partial charge in [0.1, 0.15) is 0 Å². The number of rotatable bonds is 2. The van der Waals surface area contributed by atoms with Crippen molar-refractivity contribution in [1.82, 2.24) is 5.32 Å². The molecular weight excluding hydrogens is 174 g/mol. The van der Waals surface area contributed by atoms with Crippen LogP contribution in [-0.4, -0.2) is 25.3 Å². The van der Waals surface area contributed by atoms with Crippen molar-refractivity contribution in [1.29, 1.82) is 0 Å². The molecule has 0 bridgehead atoms. The molecule has 0 saturated carbocycles. The molecule has 2 nitrogen and oxygen atoms in total. The summed E-state index contributed by atoms with van der Waals surface area (Å²) < 4.78 is 5.88. The molecule has 2 heteroatoms. The minimum Gasteiger partial charge on any atom is -0.375 e. The minimum atomic E-state index is 0.172. The molecule has 1 N–H and O–H groups in total. The first-order valence-corrected chi connectivity index (χ1v) is 6.08. The van der Waals surface area contributed by atoms with Gasteiger partial charge in [0.2, 0.25) is 0 Å². The van der Waals surface area contributed by atoms with Crippen molar-refractivity contribution < 1.29 is 4.74 Å². The van der Waals surface area contributed by atoms with Crippen LogP contribution in [0.5, 0.6) is 0 Å². The predicted molar refractivity (Wildman–Crippen MR) is 58.3 cm³/mol. The van der Waals surface area contributed by atoms with Crippen LogP contribution < -0.4 is 5.32 Å². The molecule has 3 unspecified atom stereocenters. The van der Waals surface area contributed by atoms with Crippen LogP contribution in [0.1, 0.15) is 39.5 Å². The third-order valence-corrected chi connectivity index (χ3v) is 4.15. The number of nitrogens with one attached hydrogen (secondary N) is 1. The van der Waals surface area contributed by atoms with Crippen molar-refractivity contribution in [3.63, 3.8) is 0 Å². The second kappa shape index (κ2) is 4.19. The molecule has 0 radical (unpaired) electrons. The molecule has 0 spiro atoms. The topological polar surface area (TPSA) is 21.3 Å². The standard InChI is InChI=1S/C12H23NO/c1-3-12(2)8-10(5-7-14-12)11-4-6-13-9-11/h10-11,13H,3-9H2,1-2H3. The van der Waals surface area contributed by atoms with E-state index in [-0.39, 0.29) is 5.60 Å². The Kier molecular flexibility index (Phi) is 3.13. The normalized spacial score (nSPS) is 44.1. The highest BCUT2D eigenvalue weighted by Crippen LogP contribution is 2.37. The zero-order valence-corrected chi connectivity index (χ0v) is 9.51. The maximum Gasteiger partial charge on any atom is 0.0654 e. The van der Waals surface area contributed by atoms with Gasteiger partial charge in [0.15, 0.2) is 0 Å². The molecule has 2 fully saturated rings. The maximum atomic E-state index is 5.88. The Balaban J connectivity index is 1.93. The van der Waals surface area contributed by atoms with Crippen molar-refractivity contribution in [3.8, 4) is 0 Å². The summed E-state index contributed by atoms with van der Waals surface area (Å²) in [5.74, 6) is 1.83. The first kappa shape index (κ1) is 10.4. The van der Waals surface area contributed by atoms with Crippen molar-refractivity contribution in [2.45, 2.75) is 45.1 Å². The summed E-state index contributed by atoms with van der Waals surface area (Å²) in [4.78, 5) is 0. The van der Waals surface area contributed by atoms with Crippen molar-refractivity contribution in [3.05, 3.63) is 0 Å². The second-order valence-electron chi connectivity index (χ2n) is 5.16. The van der Waals surface area contributed by atoms with Gasteiger partial charge < -0.3 is 10.1 Å². The molecule has 0 amide bonds. The Morgan fingerprint density at radius 3 is 2.86 bits per heavy atom. The molecule has 2 heterocycles. The smallest absolute Gasteiger partial charge is 0.0654 e. The van der Waals surface area contributed by atoms with Crippen LogP contribution in [0.3, 0.4) is 0 Å². The molecule has 0 aliphatic carbocycles. The fourth-order valence-corrected chi connectivity index (χ4v) is 2.90. The fraction of sp³-hybridized carbons (Fsp3) is 1.00. The lowest BCUT2D eigenvalue weighted by atomic mass is 9.78. The second-order valence-corrected chi connectivity index (χ2v) is 5.16. The summed E-state index contributed by atoms with van der Waals surface area (Å²) in [6.07, 6.45) is 5.09. The largest absolute Gasteiger partial charge is 0.375 e. The van der Waals surface area contributed by atoms with E-state index in [1.807, 2.05) is 0 Å². The lowest BCUT2D eigenvalue weighted by Gasteiger charge is -2.40. The molecule has 2 saturated heterocycles. The molecule has 82 valence electrons. The summed E-state index contributed by atoms with van der Waals surface area (Å²) in [5.41, 5.74) is 0.172. The summed E-state index contributed by atoms with van der Waals surface area (Å²) in [6, 6.07) is 0. The van der Waals surface area contributed by atoms with Gasteiger partial charge in [-0.15, -0.1) is 0 Å². The number of hydrogen-bond acceptors (Lipinski definition) is 2. The van der Waals surface area contributed by atoms with E-state index in [4.69, 9.17) is 4.74 Å². The molecule has 0 aromatic heterocycles. The van der Waals surface area contributed by atoms with E-state index in [0.29, 0.717) is 0 Å². The van der Waals surface area contributed by atoms with Gasteiger partial charge >= 0.3 is 0 Å². The van der Waals surface area contributed by atoms with E-state index >= 15 is 0 Å². The maximum absolute atomic E-state index is 5.88. The van der Waals surface area contributed by atoms with E-state index < -0.39 is 0 Å². The molecule has 0 aromatic rings. The molecular formula is C12H23NO. The third-order valence-electron chi connectivity index (χ3n) is 4.15. The van der Waals surface area contributed by atoms with Crippen molar-refractivity contribution in [2.24, 2.45) is 11.8 Å². The highest BCUT2D eigenvalue weighted by atomic mass is 16.5. The zero-order chi connectivity index (χ0) is 10.0. The van der Waals surface area contributed by atoms with Gasteiger partial charge in [-0.05, 0) is 57.5 Å². The lowest BCUT2D eigenvalue weighted by molar-refractivity contribution is -0.0950. The molecule has 14 heavy (non-hydrogen) atoms. The van der Waals surface area contributed by atoms with Gasteiger partial charge in [-0.1, -0.05) is 6.92 Å². The summed E-state index contributed by atoms with van der Waals surface area (Å²) in [6.45, 7) is 7.97. The Hall–Kier alpha value is -0.0800. The van der Waals surface area contributed by atoms with Crippen LogP contribution in [0.4, 0.5) is 0 Å². The van der Waals surface area contributed by atoms with Gasteiger partial charge in [0.25, 0.3) is 0 Å². The first-order valence-electron chi connectivity index (χ1n) is 6.08. The third kappa shape index (κ3) is 2.12. The summed E-state index contributed by atoms with van der Waals surface area (Å²) in [7, 11) is 0. The highest BCUT2D eigenvalue weighted by Gasteiger charge is 2.36. The van der Waals surface area contributed by atoms with E-state index in [9.17, 15) is 0 Å². The van der Waals surface area contributed by atoms with Crippen LogP contribution in [-0.2, 0) is 4.74 Å². The van der Waals surface area contributed by atoms with E-state index in [2.05, 4.69) is 19.2 Å². The average molecular weight is 197 g/mol. The van der Waals surface area contributed by atoms with Crippen molar-refractivity contribution in [2.75, 3.05) is 19.7 Å². The van der Waals surface area contributed by atoms with Gasteiger partial charge in [0.05, 0.1) is 5.60 Å². The Morgan fingerprint density at radius 2 is 2.21 bits per heavy atom. The number of hydrogen-bond donors (Lipinski definition) is 1. The van der Waals surface area contributed by atoms with Crippen LogP contribution in [0.15, 0.2) is 0 Å². The molecule has 0 aromatic carbocycles. The van der Waals surface area contributed by atoms with Crippen LogP contribution in [0.2, 0.25) is 0 Å². The van der Waals surface area contributed by atoms with Crippen LogP contribution in [0, 0.1) is 11.8 Å². The Labute approximate surface area is 87.4 Å². The van der Waals surface area contributed by atoms with Crippen LogP contribution >= 0.6 is 0 Å². The van der Waals surface area contributed by atoms with Gasteiger partial charge in [-0.2, -0.15) is 0 Å². The summed E-state index contributed by atoms with van der Waals surface area (Å²) in [5, 5.41) is 3.47. The molecule has 2 aliphatic rings. The lowest BCUT2D eigenvalue weighted by Crippen LogP contribution is -2.39. The Bertz CT molecular complexity index is 189. The SMILES string of the molecule is CCC1(C)CC(C2CCNC2)CCO1. The average Bonchev–Trinajstić information content (AvgIpc) is 2.71. The van der Waals surface area contributed by atoms with Gasteiger partial charge in [-0.25, -0.2) is 0 Å². The van der Waals surface area contributed by atoms with E-state index in [0.717, 1.165) is 24.9 Å². The monoisotopic (exact) mass is 197 g/mol. The fourth-order valence-electron chi connectivity index (χ4n) is 2.90. The highest BCUT2D eigenvalue weighted by molar-refractivity contribution is 4.87. The van der Waals surface area contributed by atoms with E-state index in [1.165, 1.54) is 32.4 Å².